The van der Waals surface area contributed by atoms with Gasteiger partial charge in [-0.05, 0) is 38.2 Å². The second kappa shape index (κ2) is 5.94. The van der Waals surface area contributed by atoms with Gasteiger partial charge in [-0.25, -0.2) is 0 Å². The van der Waals surface area contributed by atoms with Crippen LogP contribution in [-0.2, 0) is 0 Å². The Morgan fingerprint density at radius 2 is 2.00 bits per heavy atom. The van der Waals surface area contributed by atoms with Gasteiger partial charge in [0.05, 0.1) is 6.10 Å². The summed E-state index contributed by atoms with van der Waals surface area (Å²) in [5, 5.41) is 3.67. The van der Waals surface area contributed by atoms with Crippen LogP contribution in [0, 0.1) is 5.41 Å². The predicted octanol–water partition coefficient (Wildman–Crippen LogP) is 4.44. The van der Waals surface area contributed by atoms with E-state index in [-0.39, 0.29) is 6.10 Å². The van der Waals surface area contributed by atoms with Gasteiger partial charge in [0.15, 0.2) is 0 Å². The van der Waals surface area contributed by atoms with Crippen molar-refractivity contribution in [2.75, 3.05) is 11.1 Å². The lowest BCUT2D eigenvalue weighted by Gasteiger charge is -2.39. The molecule has 1 atom stereocenters. The summed E-state index contributed by atoms with van der Waals surface area (Å²) >= 11 is 0. The van der Waals surface area contributed by atoms with Gasteiger partial charge < -0.3 is 15.8 Å². The zero-order chi connectivity index (χ0) is 14.8. The van der Waals surface area contributed by atoms with Crippen molar-refractivity contribution in [3.63, 3.8) is 0 Å². The molecule has 0 bridgehead atoms. The normalized spacial score (nSPS) is 21.8. The van der Waals surface area contributed by atoms with Crippen molar-refractivity contribution in [3.05, 3.63) is 18.2 Å². The van der Waals surface area contributed by atoms with Crippen LogP contribution < -0.4 is 15.8 Å². The van der Waals surface area contributed by atoms with E-state index in [1.807, 2.05) is 26.0 Å². The Morgan fingerprint density at radius 3 is 2.65 bits per heavy atom. The third-order valence-corrected chi connectivity index (χ3v) is 4.15. The van der Waals surface area contributed by atoms with Crippen LogP contribution in [0.5, 0.6) is 5.75 Å². The zero-order valence-corrected chi connectivity index (χ0v) is 13.2. The fourth-order valence-electron chi connectivity index (χ4n) is 3.01. The largest absolute Gasteiger partial charge is 0.491 e. The van der Waals surface area contributed by atoms with E-state index >= 15 is 0 Å². The van der Waals surface area contributed by atoms with Crippen molar-refractivity contribution < 1.29 is 4.74 Å². The molecule has 0 saturated heterocycles. The summed E-state index contributed by atoms with van der Waals surface area (Å²) in [6, 6.07) is 6.45. The molecule has 1 unspecified atom stereocenters. The Hall–Kier alpha value is -1.38. The van der Waals surface area contributed by atoms with Crippen molar-refractivity contribution in [1.82, 2.24) is 0 Å². The first-order chi connectivity index (χ1) is 9.37. The van der Waals surface area contributed by atoms with Gasteiger partial charge in [0.2, 0.25) is 0 Å². The van der Waals surface area contributed by atoms with Gasteiger partial charge in [0, 0.05) is 29.5 Å². The molecule has 3 heteroatoms. The van der Waals surface area contributed by atoms with Gasteiger partial charge >= 0.3 is 0 Å². The Balaban J connectivity index is 2.14. The Morgan fingerprint density at radius 1 is 1.25 bits per heavy atom. The lowest BCUT2D eigenvalue weighted by molar-refractivity contribution is 0.217. The first-order valence-corrected chi connectivity index (χ1v) is 7.70. The van der Waals surface area contributed by atoms with Crippen LogP contribution in [-0.4, -0.2) is 12.1 Å². The van der Waals surface area contributed by atoms with Crippen molar-refractivity contribution in [2.45, 2.75) is 65.5 Å². The summed E-state index contributed by atoms with van der Waals surface area (Å²) < 4.78 is 5.76. The van der Waals surface area contributed by atoms with Gasteiger partial charge in [-0.2, -0.15) is 0 Å². The molecule has 0 heterocycles. The van der Waals surface area contributed by atoms with E-state index in [9.17, 15) is 0 Å². The lowest BCUT2D eigenvalue weighted by Crippen LogP contribution is -2.38. The van der Waals surface area contributed by atoms with E-state index < -0.39 is 0 Å². The summed E-state index contributed by atoms with van der Waals surface area (Å²) in [4.78, 5) is 0. The van der Waals surface area contributed by atoms with E-state index in [4.69, 9.17) is 10.5 Å². The second-order valence-corrected chi connectivity index (χ2v) is 6.89. The highest BCUT2D eigenvalue weighted by atomic mass is 16.5. The topological polar surface area (TPSA) is 47.3 Å². The number of benzene rings is 1. The van der Waals surface area contributed by atoms with Crippen molar-refractivity contribution >= 4 is 11.4 Å². The molecule has 3 nitrogen and oxygen atoms in total. The number of rotatable bonds is 4. The van der Waals surface area contributed by atoms with E-state index in [2.05, 4.69) is 25.2 Å². The SMILES string of the molecule is CC(C)Oc1cc(N)cc(NC2CCCCC2(C)C)c1. The summed E-state index contributed by atoms with van der Waals surface area (Å²) in [5.41, 5.74) is 8.14. The number of nitrogen functional groups attached to an aromatic ring is 1. The van der Waals surface area contributed by atoms with Crippen molar-refractivity contribution in [3.8, 4) is 5.75 Å². The van der Waals surface area contributed by atoms with Crippen LogP contribution in [0.1, 0.15) is 53.4 Å². The molecule has 1 aromatic rings. The van der Waals surface area contributed by atoms with Gasteiger partial charge in [-0.15, -0.1) is 0 Å². The van der Waals surface area contributed by atoms with Crippen molar-refractivity contribution in [2.24, 2.45) is 5.41 Å². The Kier molecular flexibility index (Phi) is 4.46. The number of anilines is 2. The molecule has 1 aromatic carbocycles. The average Bonchev–Trinajstić information content (AvgIpc) is 2.30. The minimum absolute atomic E-state index is 0.163. The molecule has 0 aliphatic heterocycles. The number of nitrogens with two attached hydrogens (primary N) is 1. The number of ether oxygens (including phenoxy) is 1. The smallest absolute Gasteiger partial charge is 0.123 e. The van der Waals surface area contributed by atoms with Gasteiger partial charge in [-0.1, -0.05) is 26.7 Å². The van der Waals surface area contributed by atoms with Gasteiger partial charge in [0.1, 0.15) is 5.75 Å². The van der Waals surface area contributed by atoms with Crippen LogP contribution in [0.4, 0.5) is 11.4 Å². The molecule has 0 radical (unpaired) electrons. The highest BCUT2D eigenvalue weighted by Gasteiger charge is 2.32. The van der Waals surface area contributed by atoms with E-state index in [0.717, 1.165) is 17.1 Å². The van der Waals surface area contributed by atoms with Crippen LogP contribution >= 0.6 is 0 Å². The summed E-state index contributed by atoms with van der Waals surface area (Å²) in [6.07, 6.45) is 5.31. The molecular weight excluding hydrogens is 248 g/mol. The summed E-state index contributed by atoms with van der Waals surface area (Å²) in [6.45, 7) is 8.75. The predicted molar refractivity (Wildman–Crippen MR) is 86.3 cm³/mol. The van der Waals surface area contributed by atoms with Gasteiger partial charge in [0.25, 0.3) is 0 Å². The molecule has 2 rings (SSSR count). The maximum absolute atomic E-state index is 5.99. The maximum Gasteiger partial charge on any atom is 0.123 e. The maximum atomic E-state index is 5.99. The summed E-state index contributed by atoms with van der Waals surface area (Å²) in [5.74, 6) is 0.844. The number of nitrogens with one attached hydrogen (secondary N) is 1. The van der Waals surface area contributed by atoms with Gasteiger partial charge in [-0.3, -0.25) is 0 Å². The summed E-state index contributed by atoms with van der Waals surface area (Å²) in [7, 11) is 0. The Bertz CT molecular complexity index is 454. The molecule has 0 aromatic heterocycles. The molecule has 1 aliphatic rings. The second-order valence-electron chi connectivity index (χ2n) is 6.89. The molecule has 20 heavy (non-hydrogen) atoms. The third-order valence-electron chi connectivity index (χ3n) is 4.15. The molecule has 1 saturated carbocycles. The Labute approximate surface area is 122 Å². The minimum Gasteiger partial charge on any atom is -0.491 e. The van der Waals surface area contributed by atoms with Crippen molar-refractivity contribution in [1.29, 1.82) is 0 Å². The molecule has 112 valence electrons. The quantitative estimate of drug-likeness (QED) is 0.799. The molecular formula is C17H28N2O. The zero-order valence-electron chi connectivity index (χ0n) is 13.2. The highest BCUT2D eigenvalue weighted by Crippen LogP contribution is 2.38. The minimum atomic E-state index is 0.163. The first kappa shape index (κ1) is 15.0. The first-order valence-electron chi connectivity index (χ1n) is 7.70. The van der Waals surface area contributed by atoms with E-state index in [0.29, 0.717) is 11.5 Å². The fourth-order valence-corrected chi connectivity index (χ4v) is 3.01. The average molecular weight is 276 g/mol. The molecule has 3 N–H and O–H groups in total. The standard InChI is InChI=1S/C17H28N2O/c1-12(2)20-15-10-13(18)9-14(11-15)19-16-7-5-6-8-17(16,3)4/h9-12,16,19H,5-8,18H2,1-4H3. The molecule has 0 spiro atoms. The fraction of sp³-hybridized carbons (Fsp3) is 0.647. The molecule has 1 fully saturated rings. The van der Waals surface area contributed by atoms with E-state index in [1.165, 1.54) is 25.7 Å². The third kappa shape index (κ3) is 3.81. The lowest BCUT2D eigenvalue weighted by atomic mass is 9.73. The van der Waals surface area contributed by atoms with Crippen LogP contribution in [0.3, 0.4) is 0 Å². The number of hydrogen-bond donors (Lipinski definition) is 2. The van der Waals surface area contributed by atoms with E-state index in [1.54, 1.807) is 0 Å². The highest BCUT2D eigenvalue weighted by molar-refractivity contribution is 5.59. The van der Waals surface area contributed by atoms with Crippen LogP contribution in [0.2, 0.25) is 0 Å². The van der Waals surface area contributed by atoms with Crippen LogP contribution in [0.25, 0.3) is 0 Å². The monoisotopic (exact) mass is 276 g/mol. The molecule has 1 aliphatic carbocycles. The number of hydrogen-bond acceptors (Lipinski definition) is 3. The molecule has 0 amide bonds. The van der Waals surface area contributed by atoms with Crippen LogP contribution in [0.15, 0.2) is 18.2 Å².